The van der Waals surface area contributed by atoms with Crippen molar-refractivity contribution in [1.29, 1.82) is 0 Å². The number of benzene rings is 1. The van der Waals surface area contributed by atoms with Gasteiger partial charge in [-0.25, -0.2) is 4.79 Å². The zero-order valence-corrected chi connectivity index (χ0v) is 11.3. The fourth-order valence-electron chi connectivity index (χ4n) is 1.94. The van der Waals surface area contributed by atoms with E-state index in [0.29, 0.717) is 24.1 Å². The number of carboxylic acid groups (broad SMARTS) is 1. The minimum atomic E-state index is -1.04. The number of nitro groups is 1. The van der Waals surface area contributed by atoms with Crippen molar-refractivity contribution in [3.05, 3.63) is 33.9 Å². The molecule has 2 N–H and O–H groups in total. The average molecular weight is 266 g/mol. The summed E-state index contributed by atoms with van der Waals surface area (Å²) in [6, 6.07) is 4.35. The number of nitro benzene ring substituents is 1. The molecule has 19 heavy (non-hydrogen) atoms. The van der Waals surface area contributed by atoms with Gasteiger partial charge in [-0.2, -0.15) is 0 Å². The molecule has 1 aromatic rings. The molecule has 104 valence electrons. The summed E-state index contributed by atoms with van der Waals surface area (Å²) in [6.07, 6.45) is 0.852. The normalized spacial score (nSPS) is 11.1. The number of aryl methyl sites for hydroxylation is 1. The maximum absolute atomic E-state index is 11.4. The molecule has 6 heteroatoms. The molecule has 0 aliphatic carbocycles. The Morgan fingerprint density at radius 1 is 1.42 bits per heavy atom. The van der Waals surface area contributed by atoms with Crippen LogP contribution in [0.3, 0.4) is 0 Å². The average Bonchev–Trinajstić information content (AvgIpc) is 2.37. The van der Waals surface area contributed by atoms with Gasteiger partial charge < -0.3 is 10.4 Å². The SMILES string of the molecule is CCC(CC)(Nc1ccc([N+](=O)[O-])cc1C)C(=O)O. The van der Waals surface area contributed by atoms with E-state index in [9.17, 15) is 20.0 Å². The molecule has 0 saturated heterocycles. The lowest BCUT2D eigenvalue weighted by Crippen LogP contribution is -2.45. The van der Waals surface area contributed by atoms with Crippen LogP contribution in [0, 0.1) is 17.0 Å². The summed E-state index contributed by atoms with van der Waals surface area (Å²) in [4.78, 5) is 21.6. The Morgan fingerprint density at radius 2 is 2.00 bits per heavy atom. The summed E-state index contributed by atoms with van der Waals surface area (Å²) in [5, 5.41) is 23.0. The van der Waals surface area contributed by atoms with Crippen LogP contribution >= 0.6 is 0 Å². The summed E-state index contributed by atoms with van der Waals surface area (Å²) >= 11 is 0. The van der Waals surface area contributed by atoms with E-state index < -0.39 is 16.4 Å². The van der Waals surface area contributed by atoms with Gasteiger partial charge in [0.05, 0.1) is 4.92 Å². The fraction of sp³-hybridized carbons (Fsp3) is 0.462. The van der Waals surface area contributed by atoms with Crippen molar-refractivity contribution in [3.63, 3.8) is 0 Å². The lowest BCUT2D eigenvalue weighted by Gasteiger charge is -2.30. The molecule has 0 unspecified atom stereocenters. The third-order valence-corrected chi connectivity index (χ3v) is 3.41. The first-order chi connectivity index (χ1) is 8.86. The van der Waals surface area contributed by atoms with E-state index in [1.807, 2.05) is 0 Å². The van der Waals surface area contributed by atoms with Crippen LogP contribution < -0.4 is 5.32 Å². The minimum absolute atomic E-state index is 0.00280. The number of aliphatic carboxylic acids is 1. The number of hydrogen-bond donors (Lipinski definition) is 2. The van der Waals surface area contributed by atoms with Crippen molar-refractivity contribution in [3.8, 4) is 0 Å². The highest BCUT2D eigenvalue weighted by molar-refractivity contribution is 5.83. The number of nitrogens with zero attached hydrogens (tertiary/aromatic N) is 1. The smallest absolute Gasteiger partial charge is 0.329 e. The van der Waals surface area contributed by atoms with Crippen LogP contribution in [0.4, 0.5) is 11.4 Å². The number of hydrogen-bond acceptors (Lipinski definition) is 4. The van der Waals surface area contributed by atoms with Crippen LogP contribution in [0.25, 0.3) is 0 Å². The van der Waals surface area contributed by atoms with Gasteiger partial charge in [-0.3, -0.25) is 10.1 Å². The minimum Gasteiger partial charge on any atom is -0.480 e. The van der Waals surface area contributed by atoms with Crippen LogP contribution in [0.5, 0.6) is 0 Å². The number of rotatable bonds is 6. The zero-order valence-electron chi connectivity index (χ0n) is 11.3. The Kier molecular flexibility index (Phi) is 4.47. The molecule has 6 nitrogen and oxygen atoms in total. The monoisotopic (exact) mass is 266 g/mol. The van der Waals surface area contributed by atoms with Crippen LogP contribution in [-0.4, -0.2) is 21.5 Å². The summed E-state index contributed by atoms with van der Waals surface area (Å²) in [7, 11) is 0. The zero-order chi connectivity index (χ0) is 14.6. The predicted octanol–water partition coefficient (Wildman–Crippen LogP) is 2.96. The fourth-order valence-corrected chi connectivity index (χ4v) is 1.94. The standard InChI is InChI=1S/C13H18N2O4/c1-4-13(5-2,12(16)17)14-11-7-6-10(15(18)19)8-9(11)3/h6-8,14H,4-5H2,1-3H3,(H,16,17). The maximum atomic E-state index is 11.4. The van der Waals surface area contributed by atoms with E-state index in [0.717, 1.165) is 0 Å². The van der Waals surface area contributed by atoms with Gasteiger partial charge in [0.15, 0.2) is 0 Å². The van der Waals surface area contributed by atoms with Crippen molar-refractivity contribution >= 4 is 17.3 Å². The van der Waals surface area contributed by atoms with Gasteiger partial charge in [-0.15, -0.1) is 0 Å². The Hall–Kier alpha value is -2.11. The largest absolute Gasteiger partial charge is 0.480 e. The van der Waals surface area contributed by atoms with Gasteiger partial charge in [0.2, 0.25) is 0 Å². The third kappa shape index (κ3) is 3.01. The molecule has 0 heterocycles. The maximum Gasteiger partial charge on any atom is 0.329 e. The highest BCUT2D eigenvalue weighted by Crippen LogP contribution is 2.27. The molecule has 0 amide bonds. The predicted molar refractivity (Wildman–Crippen MR) is 72.4 cm³/mol. The topological polar surface area (TPSA) is 92.5 Å². The number of nitrogens with one attached hydrogen (secondary N) is 1. The van der Waals surface area contributed by atoms with Gasteiger partial charge in [0.25, 0.3) is 5.69 Å². The molecule has 0 radical (unpaired) electrons. The first kappa shape index (κ1) is 14.9. The van der Waals surface area contributed by atoms with Crippen molar-refractivity contribution in [1.82, 2.24) is 0 Å². The van der Waals surface area contributed by atoms with E-state index in [4.69, 9.17) is 0 Å². The van der Waals surface area contributed by atoms with E-state index in [2.05, 4.69) is 5.32 Å². The highest BCUT2D eigenvalue weighted by atomic mass is 16.6. The molecular weight excluding hydrogens is 248 g/mol. The molecule has 0 aromatic heterocycles. The quantitative estimate of drug-likeness (QED) is 0.610. The van der Waals surface area contributed by atoms with Crippen LogP contribution in [-0.2, 0) is 4.79 Å². The Balaban J connectivity index is 3.11. The van der Waals surface area contributed by atoms with Gasteiger partial charge in [0, 0.05) is 17.8 Å². The lowest BCUT2D eigenvalue weighted by molar-refractivity contribution is -0.384. The molecule has 0 saturated carbocycles. The molecule has 1 aromatic carbocycles. The molecule has 0 bridgehead atoms. The molecular formula is C13H18N2O4. The number of carboxylic acids is 1. The van der Waals surface area contributed by atoms with Crippen molar-refractivity contribution < 1.29 is 14.8 Å². The van der Waals surface area contributed by atoms with Crippen LogP contribution in [0.15, 0.2) is 18.2 Å². The molecule has 0 aliphatic rings. The highest BCUT2D eigenvalue weighted by Gasteiger charge is 2.35. The molecule has 0 spiro atoms. The van der Waals surface area contributed by atoms with Crippen molar-refractivity contribution in [2.24, 2.45) is 0 Å². The first-order valence-electron chi connectivity index (χ1n) is 6.13. The lowest BCUT2D eigenvalue weighted by atomic mass is 9.92. The summed E-state index contributed by atoms with van der Waals surface area (Å²) in [5.41, 5.74) is 0.219. The van der Waals surface area contributed by atoms with Gasteiger partial charge in [0.1, 0.15) is 5.54 Å². The van der Waals surface area contributed by atoms with E-state index in [-0.39, 0.29) is 5.69 Å². The second-order valence-corrected chi connectivity index (χ2v) is 4.48. The second kappa shape index (κ2) is 5.69. The summed E-state index contributed by atoms with van der Waals surface area (Å²) < 4.78 is 0. The molecule has 0 fully saturated rings. The van der Waals surface area contributed by atoms with E-state index in [1.54, 1.807) is 26.8 Å². The van der Waals surface area contributed by atoms with Gasteiger partial charge in [-0.1, -0.05) is 13.8 Å². The second-order valence-electron chi connectivity index (χ2n) is 4.48. The molecule has 0 aliphatic heterocycles. The van der Waals surface area contributed by atoms with Gasteiger partial charge >= 0.3 is 5.97 Å². The first-order valence-corrected chi connectivity index (χ1v) is 6.13. The van der Waals surface area contributed by atoms with E-state index >= 15 is 0 Å². The third-order valence-electron chi connectivity index (χ3n) is 3.41. The number of carbonyl (C=O) groups is 1. The molecule has 1 rings (SSSR count). The summed E-state index contributed by atoms with van der Waals surface area (Å²) in [6.45, 7) is 5.31. The van der Waals surface area contributed by atoms with Crippen LogP contribution in [0.1, 0.15) is 32.3 Å². The van der Waals surface area contributed by atoms with Crippen molar-refractivity contribution in [2.45, 2.75) is 39.2 Å². The Bertz CT molecular complexity index is 495. The Labute approximate surface area is 111 Å². The number of anilines is 1. The van der Waals surface area contributed by atoms with Crippen molar-refractivity contribution in [2.75, 3.05) is 5.32 Å². The Morgan fingerprint density at radius 3 is 2.37 bits per heavy atom. The summed E-state index contributed by atoms with van der Waals surface area (Å²) in [5.74, 6) is -0.921. The van der Waals surface area contributed by atoms with Gasteiger partial charge in [-0.05, 0) is 31.4 Å². The molecule has 0 atom stereocenters. The van der Waals surface area contributed by atoms with E-state index in [1.165, 1.54) is 12.1 Å². The number of non-ortho nitro benzene ring substituents is 1. The van der Waals surface area contributed by atoms with Crippen LogP contribution in [0.2, 0.25) is 0 Å².